The lowest BCUT2D eigenvalue weighted by Crippen LogP contribution is -2.38. The van der Waals surface area contributed by atoms with Gasteiger partial charge in [0.1, 0.15) is 10.8 Å². The van der Waals surface area contributed by atoms with Crippen molar-refractivity contribution in [2.24, 2.45) is 0 Å². The number of ether oxygens (including phenoxy) is 3. The number of carbonyl (C=O) groups excluding carboxylic acids is 3. The topological polar surface area (TPSA) is 78.9 Å². The summed E-state index contributed by atoms with van der Waals surface area (Å²) in [5, 5.41) is -0.0463. The Bertz CT molecular complexity index is 1000. The third-order valence-corrected chi connectivity index (χ3v) is 6.03. The molecular weight excluding hydrogens is 443 g/mol. The van der Waals surface area contributed by atoms with Crippen molar-refractivity contribution in [2.45, 2.75) is 38.7 Å². The average molecular weight is 465 g/mol. The van der Waals surface area contributed by atoms with E-state index in [2.05, 4.69) is 0 Å². The summed E-state index contributed by atoms with van der Waals surface area (Å²) in [5.74, 6) is -1.96. The lowest BCUT2D eigenvalue weighted by molar-refractivity contribution is -0.166. The molecule has 164 valence electrons. The molecule has 2 aromatic rings. The summed E-state index contributed by atoms with van der Waals surface area (Å²) in [6.45, 7) is 5.17. The number of fused-ring (bicyclic) bond motifs is 1. The van der Waals surface area contributed by atoms with Crippen molar-refractivity contribution >= 4 is 40.9 Å². The monoisotopic (exact) mass is 464 g/mol. The minimum atomic E-state index is -1.66. The van der Waals surface area contributed by atoms with E-state index in [-0.39, 0.29) is 34.8 Å². The van der Waals surface area contributed by atoms with Gasteiger partial charge in [-0.3, -0.25) is 4.79 Å². The van der Waals surface area contributed by atoms with E-state index in [0.717, 1.165) is 5.56 Å². The first kappa shape index (κ1) is 23.1. The Morgan fingerprint density at radius 3 is 2.16 bits per heavy atom. The lowest BCUT2D eigenvalue weighted by atomic mass is 9.79. The third-order valence-electron chi connectivity index (χ3n) is 5.18. The summed E-state index contributed by atoms with van der Waals surface area (Å²) in [5.41, 5.74) is 0.958. The second-order valence-electron chi connectivity index (χ2n) is 7.24. The largest absolute Gasteiger partial charge is 0.465 e. The molecule has 0 bridgehead atoms. The van der Waals surface area contributed by atoms with Crippen molar-refractivity contribution in [2.75, 3.05) is 13.2 Å². The van der Waals surface area contributed by atoms with Crippen LogP contribution in [0.1, 0.15) is 42.3 Å². The van der Waals surface area contributed by atoms with Gasteiger partial charge in [0.15, 0.2) is 5.78 Å². The normalized spacial score (nSPS) is 17.4. The molecule has 1 aliphatic carbocycles. The fraction of sp³-hybridized carbons (Fsp3) is 0.348. The van der Waals surface area contributed by atoms with Crippen LogP contribution in [0.25, 0.3) is 0 Å². The third kappa shape index (κ3) is 4.27. The van der Waals surface area contributed by atoms with Gasteiger partial charge in [-0.25, -0.2) is 9.59 Å². The Kier molecular flexibility index (Phi) is 6.92. The molecule has 0 saturated carbocycles. The molecule has 1 aliphatic rings. The number of ketones is 1. The van der Waals surface area contributed by atoms with E-state index in [1.807, 2.05) is 37.3 Å². The van der Waals surface area contributed by atoms with Crippen LogP contribution in [-0.4, -0.2) is 37.0 Å². The molecule has 0 spiro atoms. The summed E-state index contributed by atoms with van der Waals surface area (Å²) < 4.78 is 15.5. The summed E-state index contributed by atoms with van der Waals surface area (Å²) >= 11 is 12.8. The zero-order valence-corrected chi connectivity index (χ0v) is 18.9. The van der Waals surface area contributed by atoms with Crippen LogP contribution in [0.15, 0.2) is 36.4 Å². The van der Waals surface area contributed by atoms with E-state index in [4.69, 9.17) is 37.4 Å². The maximum absolute atomic E-state index is 13.3. The number of esters is 2. The highest BCUT2D eigenvalue weighted by Crippen LogP contribution is 2.47. The van der Waals surface area contributed by atoms with E-state index < -0.39 is 23.5 Å². The van der Waals surface area contributed by atoms with Crippen LogP contribution in [0.4, 0.5) is 0 Å². The molecular formula is C23H22Cl2O6. The van der Waals surface area contributed by atoms with Crippen LogP contribution in [0.5, 0.6) is 5.75 Å². The van der Waals surface area contributed by atoms with Crippen molar-refractivity contribution < 1.29 is 28.6 Å². The Morgan fingerprint density at radius 1 is 1.03 bits per heavy atom. The van der Waals surface area contributed by atoms with Crippen molar-refractivity contribution in [3.63, 3.8) is 0 Å². The molecule has 6 nitrogen and oxygen atoms in total. The van der Waals surface area contributed by atoms with E-state index in [1.54, 1.807) is 19.9 Å². The van der Waals surface area contributed by atoms with Gasteiger partial charge in [0.25, 0.3) is 6.10 Å². The van der Waals surface area contributed by atoms with Crippen molar-refractivity contribution in [3.05, 3.63) is 63.1 Å². The highest BCUT2D eigenvalue weighted by atomic mass is 35.5. The number of rotatable bonds is 7. The maximum atomic E-state index is 13.3. The fourth-order valence-electron chi connectivity index (χ4n) is 3.65. The summed E-state index contributed by atoms with van der Waals surface area (Å²) in [6.07, 6.45) is -1.30. The number of halogens is 2. The molecule has 3 rings (SSSR count). The Balaban J connectivity index is 2.00. The van der Waals surface area contributed by atoms with Gasteiger partial charge in [-0.05, 0) is 44.4 Å². The number of carbonyl (C=O) groups is 3. The van der Waals surface area contributed by atoms with Gasteiger partial charge in [0.2, 0.25) is 0 Å². The Labute approximate surface area is 190 Å². The van der Waals surface area contributed by atoms with E-state index >= 15 is 0 Å². The minimum absolute atomic E-state index is 0.00151. The average Bonchev–Trinajstić information content (AvgIpc) is 3.01. The zero-order chi connectivity index (χ0) is 22.8. The molecule has 1 atom stereocenters. The predicted octanol–water partition coefficient (Wildman–Crippen LogP) is 4.56. The summed E-state index contributed by atoms with van der Waals surface area (Å²) in [4.78, 5) is 37.8. The van der Waals surface area contributed by atoms with Crippen LogP contribution in [0.3, 0.4) is 0 Å². The van der Waals surface area contributed by atoms with Crippen LogP contribution < -0.4 is 4.74 Å². The maximum Gasteiger partial charge on any atom is 0.359 e. The van der Waals surface area contributed by atoms with Crippen LogP contribution in [0.2, 0.25) is 10.0 Å². The minimum Gasteiger partial charge on any atom is -0.465 e. The second kappa shape index (κ2) is 9.28. The fourth-order valence-corrected chi connectivity index (χ4v) is 4.15. The van der Waals surface area contributed by atoms with Gasteiger partial charge in [-0.2, -0.15) is 0 Å². The highest BCUT2D eigenvalue weighted by Gasteiger charge is 2.45. The van der Waals surface area contributed by atoms with Crippen LogP contribution >= 0.6 is 23.2 Å². The molecule has 2 aromatic carbocycles. The molecule has 8 heteroatoms. The molecule has 0 aliphatic heterocycles. The second-order valence-corrected chi connectivity index (χ2v) is 8.00. The number of hydrogen-bond donors (Lipinski definition) is 0. The Hall–Kier alpha value is -2.57. The van der Waals surface area contributed by atoms with Gasteiger partial charge in [-0.1, -0.05) is 53.5 Å². The molecule has 0 saturated heterocycles. The smallest absolute Gasteiger partial charge is 0.359 e. The number of hydrogen-bond acceptors (Lipinski definition) is 6. The molecule has 1 unspecified atom stereocenters. The first-order valence-corrected chi connectivity index (χ1v) is 10.6. The van der Waals surface area contributed by atoms with Gasteiger partial charge in [0.05, 0.1) is 23.7 Å². The molecule has 0 fully saturated rings. The predicted molar refractivity (Wildman–Crippen MR) is 116 cm³/mol. The Morgan fingerprint density at radius 2 is 1.61 bits per heavy atom. The molecule has 31 heavy (non-hydrogen) atoms. The molecule has 0 aromatic heterocycles. The zero-order valence-electron chi connectivity index (χ0n) is 17.4. The summed E-state index contributed by atoms with van der Waals surface area (Å²) in [6, 6.07) is 10.9. The van der Waals surface area contributed by atoms with E-state index in [0.29, 0.717) is 17.5 Å². The van der Waals surface area contributed by atoms with Crippen molar-refractivity contribution in [3.8, 4) is 5.75 Å². The van der Waals surface area contributed by atoms with Gasteiger partial charge < -0.3 is 14.2 Å². The van der Waals surface area contributed by atoms with Crippen LogP contribution in [0, 0.1) is 0 Å². The van der Waals surface area contributed by atoms with E-state index in [9.17, 15) is 14.4 Å². The van der Waals surface area contributed by atoms with Gasteiger partial charge >= 0.3 is 11.9 Å². The summed E-state index contributed by atoms with van der Waals surface area (Å²) in [7, 11) is 0. The van der Waals surface area contributed by atoms with Crippen molar-refractivity contribution in [1.29, 1.82) is 0 Å². The van der Waals surface area contributed by atoms with Gasteiger partial charge in [0, 0.05) is 5.56 Å². The quantitative estimate of drug-likeness (QED) is 0.441. The van der Waals surface area contributed by atoms with Gasteiger partial charge in [-0.15, -0.1) is 0 Å². The highest BCUT2D eigenvalue weighted by molar-refractivity contribution is 6.45. The molecule has 0 N–H and O–H groups in total. The number of benzene rings is 2. The lowest BCUT2D eigenvalue weighted by Gasteiger charge is -2.22. The molecule has 0 radical (unpaired) electrons. The first-order chi connectivity index (χ1) is 14.7. The SMILES string of the molecule is CCOC(=O)C(Oc1cc2c(c(Cl)c1Cl)C(=O)C(C)(c1ccccc1)C2)C(=O)OCC. The number of Topliss-reactive ketones (excluding diaryl/α,β-unsaturated/α-hetero) is 1. The van der Waals surface area contributed by atoms with E-state index in [1.165, 1.54) is 0 Å². The van der Waals surface area contributed by atoms with Crippen molar-refractivity contribution in [1.82, 2.24) is 0 Å². The molecule has 0 heterocycles. The standard InChI is InChI=1S/C23H22Cl2O6/c1-4-29-21(27)19(22(28)30-5-2)31-15-11-13-12-23(3,14-9-7-6-8-10-14)20(26)16(13)18(25)17(15)24/h6-11,19H,4-5,12H2,1-3H3. The first-order valence-electron chi connectivity index (χ1n) is 9.85. The molecule has 0 amide bonds. The van der Waals surface area contributed by atoms with Crippen LogP contribution in [-0.2, 0) is 30.9 Å².